The van der Waals surface area contributed by atoms with Gasteiger partial charge in [0, 0.05) is 17.3 Å². The maximum atomic E-state index is 11.6. The highest BCUT2D eigenvalue weighted by molar-refractivity contribution is 7.89. The topological polar surface area (TPSA) is 112 Å². The molecule has 8 nitrogen and oxygen atoms in total. The lowest BCUT2D eigenvalue weighted by atomic mass is 10.1. The molecule has 0 aliphatic carbocycles. The molecule has 0 spiro atoms. The van der Waals surface area contributed by atoms with Crippen molar-refractivity contribution in [1.82, 2.24) is 10.2 Å². The molecular weight excluding hydrogens is 380 g/mol. The van der Waals surface area contributed by atoms with Gasteiger partial charge in [0.2, 0.25) is 21.8 Å². The van der Waals surface area contributed by atoms with Crippen molar-refractivity contribution >= 4 is 15.7 Å². The summed E-state index contributed by atoms with van der Waals surface area (Å²) in [5.74, 6) is 1.68. The Kier molecular flexibility index (Phi) is 4.56. The molecule has 1 atom stereocenters. The van der Waals surface area contributed by atoms with Crippen LogP contribution in [0.1, 0.15) is 18.4 Å². The number of nitrogens with zero attached hydrogens (tertiary/aromatic N) is 3. The van der Waals surface area contributed by atoms with E-state index in [0.29, 0.717) is 18.3 Å². The largest absolute Gasteiger partial charge is 0.497 e. The molecule has 0 amide bonds. The zero-order chi connectivity index (χ0) is 19.9. The van der Waals surface area contributed by atoms with E-state index in [2.05, 4.69) is 22.0 Å². The second-order valence-electron chi connectivity index (χ2n) is 6.75. The summed E-state index contributed by atoms with van der Waals surface area (Å²) in [6.07, 6.45) is 0.720. The molecule has 3 aromatic rings. The molecule has 2 aromatic carbocycles. The maximum Gasteiger partial charge on any atom is 0.247 e. The number of ether oxygens (including phenoxy) is 1. The molecule has 0 unspecified atom stereocenters. The van der Waals surface area contributed by atoms with Crippen LogP contribution in [0.3, 0.4) is 0 Å². The van der Waals surface area contributed by atoms with Crippen LogP contribution in [0, 0.1) is 0 Å². The zero-order valence-corrected chi connectivity index (χ0v) is 16.3. The standard InChI is InChI=1S/C19H20N4O4S/c1-12-9-14-10-16(28(20,24)25)7-8-17(14)23(12)11-18-21-22-19(27-18)13-3-5-15(26-2)6-4-13/h3-8,10,12H,9,11H2,1-2H3,(H2,20,24,25)/t12-/m0/s1. The van der Waals surface area contributed by atoms with Crippen LogP contribution in [0.2, 0.25) is 0 Å². The van der Waals surface area contributed by atoms with Crippen molar-refractivity contribution in [2.75, 3.05) is 12.0 Å². The van der Waals surface area contributed by atoms with E-state index in [4.69, 9.17) is 14.3 Å². The lowest BCUT2D eigenvalue weighted by Crippen LogP contribution is -2.28. The Hall–Kier alpha value is -2.91. The first-order valence-electron chi connectivity index (χ1n) is 8.74. The van der Waals surface area contributed by atoms with Crippen molar-refractivity contribution in [3.05, 3.63) is 53.9 Å². The minimum atomic E-state index is -3.72. The summed E-state index contributed by atoms with van der Waals surface area (Å²) in [4.78, 5) is 2.24. The normalized spacial score (nSPS) is 16.2. The first-order chi connectivity index (χ1) is 13.3. The van der Waals surface area contributed by atoms with Crippen LogP contribution in [0.5, 0.6) is 5.75 Å². The second-order valence-corrected chi connectivity index (χ2v) is 8.31. The van der Waals surface area contributed by atoms with Crippen LogP contribution in [0.15, 0.2) is 51.8 Å². The van der Waals surface area contributed by atoms with Gasteiger partial charge in [-0.05, 0) is 61.4 Å². The number of aromatic nitrogens is 2. The molecule has 0 saturated carbocycles. The Morgan fingerprint density at radius 2 is 1.96 bits per heavy atom. The Morgan fingerprint density at radius 3 is 2.64 bits per heavy atom. The van der Waals surface area contributed by atoms with Crippen molar-refractivity contribution in [3.63, 3.8) is 0 Å². The Labute approximate surface area is 163 Å². The van der Waals surface area contributed by atoms with Crippen LogP contribution in [-0.4, -0.2) is 31.8 Å². The molecule has 9 heteroatoms. The van der Waals surface area contributed by atoms with Gasteiger partial charge in [-0.3, -0.25) is 0 Å². The first-order valence-corrected chi connectivity index (χ1v) is 10.3. The van der Waals surface area contributed by atoms with Crippen molar-refractivity contribution in [2.24, 2.45) is 5.14 Å². The number of fused-ring (bicyclic) bond motifs is 1. The Morgan fingerprint density at radius 1 is 1.21 bits per heavy atom. The molecule has 28 heavy (non-hydrogen) atoms. The third kappa shape index (κ3) is 3.46. The van der Waals surface area contributed by atoms with E-state index in [0.717, 1.165) is 29.0 Å². The van der Waals surface area contributed by atoms with Crippen LogP contribution >= 0.6 is 0 Å². The molecular formula is C19H20N4O4S. The number of anilines is 1. The Balaban J connectivity index is 1.56. The molecule has 2 heterocycles. The predicted octanol–water partition coefficient (Wildman–Crippen LogP) is 2.34. The summed E-state index contributed by atoms with van der Waals surface area (Å²) in [5, 5.41) is 13.5. The lowest BCUT2D eigenvalue weighted by Gasteiger charge is -2.22. The molecule has 2 N–H and O–H groups in total. The summed E-state index contributed by atoms with van der Waals surface area (Å²) in [6.45, 7) is 2.50. The molecule has 0 bridgehead atoms. The Bertz CT molecular complexity index is 1110. The monoisotopic (exact) mass is 400 g/mol. The number of nitrogens with two attached hydrogens (primary N) is 1. The van der Waals surface area contributed by atoms with Gasteiger partial charge in [-0.25, -0.2) is 13.6 Å². The van der Waals surface area contributed by atoms with E-state index in [9.17, 15) is 8.42 Å². The fourth-order valence-electron chi connectivity index (χ4n) is 3.40. The number of hydrogen-bond acceptors (Lipinski definition) is 7. The van der Waals surface area contributed by atoms with Gasteiger partial charge in [0.05, 0.1) is 18.6 Å². The summed E-state index contributed by atoms with van der Waals surface area (Å²) < 4.78 is 34.2. The van der Waals surface area contributed by atoms with Crippen LogP contribution < -0.4 is 14.8 Å². The van der Waals surface area contributed by atoms with Crippen LogP contribution in [0.25, 0.3) is 11.5 Å². The van der Waals surface area contributed by atoms with E-state index in [1.807, 2.05) is 24.3 Å². The third-order valence-corrected chi connectivity index (χ3v) is 5.76. The van der Waals surface area contributed by atoms with Gasteiger partial charge in [-0.15, -0.1) is 10.2 Å². The molecule has 0 saturated heterocycles. The first kappa shape index (κ1) is 18.5. The van der Waals surface area contributed by atoms with Gasteiger partial charge in [0.1, 0.15) is 5.75 Å². The quantitative estimate of drug-likeness (QED) is 0.699. The predicted molar refractivity (Wildman–Crippen MR) is 103 cm³/mol. The van der Waals surface area contributed by atoms with Crippen molar-refractivity contribution in [1.29, 1.82) is 0 Å². The van der Waals surface area contributed by atoms with Crippen LogP contribution in [0.4, 0.5) is 5.69 Å². The number of hydrogen-bond donors (Lipinski definition) is 1. The van der Waals surface area contributed by atoms with Gasteiger partial charge in [-0.2, -0.15) is 0 Å². The van der Waals surface area contributed by atoms with E-state index in [1.165, 1.54) is 6.07 Å². The number of sulfonamides is 1. The van der Waals surface area contributed by atoms with Crippen molar-refractivity contribution in [3.8, 4) is 17.2 Å². The van der Waals surface area contributed by atoms with E-state index >= 15 is 0 Å². The summed E-state index contributed by atoms with van der Waals surface area (Å²) in [7, 11) is -2.11. The SMILES string of the molecule is COc1ccc(-c2nnc(CN3c4ccc(S(N)(=O)=O)cc4C[C@@H]3C)o2)cc1. The van der Waals surface area contributed by atoms with Gasteiger partial charge in [-0.1, -0.05) is 0 Å². The van der Waals surface area contributed by atoms with E-state index in [1.54, 1.807) is 19.2 Å². The molecule has 0 fully saturated rings. The summed E-state index contributed by atoms with van der Waals surface area (Å²) in [5.41, 5.74) is 2.70. The number of methoxy groups -OCH3 is 1. The smallest absolute Gasteiger partial charge is 0.247 e. The fourth-order valence-corrected chi connectivity index (χ4v) is 3.97. The minimum absolute atomic E-state index is 0.125. The lowest BCUT2D eigenvalue weighted by molar-refractivity contribution is 0.415. The van der Waals surface area contributed by atoms with Gasteiger partial charge < -0.3 is 14.1 Å². The highest BCUT2D eigenvalue weighted by Gasteiger charge is 2.28. The number of rotatable bonds is 5. The van der Waals surface area contributed by atoms with Gasteiger partial charge in [0.25, 0.3) is 0 Å². The van der Waals surface area contributed by atoms with Gasteiger partial charge in [0.15, 0.2) is 0 Å². The minimum Gasteiger partial charge on any atom is -0.497 e. The number of primary sulfonamides is 1. The third-order valence-electron chi connectivity index (χ3n) is 4.85. The molecule has 146 valence electrons. The zero-order valence-electron chi connectivity index (χ0n) is 15.5. The molecule has 1 aliphatic rings. The second kappa shape index (κ2) is 6.92. The van der Waals surface area contributed by atoms with Crippen molar-refractivity contribution in [2.45, 2.75) is 30.8 Å². The maximum absolute atomic E-state index is 11.6. The number of benzene rings is 2. The average molecular weight is 400 g/mol. The molecule has 4 rings (SSSR count). The van der Waals surface area contributed by atoms with Crippen LogP contribution in [-0.2, 0) is 23.0 Å². The summed E-state index contributed by atoms with van der Waals surface area (Å²) >= 11 is 0. The molecule has 1 aliphatic heterocycles. The van der Waals surface area contributed by atoms with Gasteiger partial charge >= 0.3 is 0 Å². The molecule has 1 aromatic heterocycles. The molecule has 0 radical (unpaired) electrons. The highest BCUT2D eigenvalue weighted by Crippen LogP contribution is 2.35. The van der Waals surface area contributed by atoms with E-state index in [-0.39, 0.29) is 10.9 Å². The summed E-state index contributed by atoms with van der Waals surface area (Å²) in [6, 6.07) is 12.5. The average Bonchev–Trinajstić information content (AvgIpc) is 3.26. The van der Waals surface area contributed by atoms with Crippen molar-refractivity contribution < 1.29 is 17.6 Å². The highest BCUT2D eigenvalue weighted by atomic mass is 32.2. The fraction of sp³-hybridized carbons (Fsp3) is 0.263. The van der Waals surface area contributed by atoms with E-state index < -0.39 is 10.0 Å².